The van der Waals surface area contributed by atoms with Gasteiger partial charge in [-0.05, 0) is 68.3 Å². The molecule has 0 spiro atoms. The highest BCUT2D eigenvalue weighted by Gasteiger charge is 2.19. The van der Waals surface area contributed by atoms with Crippen LogP contribution in [0.15, 0.2) is 18.2 Å². The zero-order chi connectivity index (χ0) is 18.2. The highest BCUT2D eigenvalue weighted by atomic mass is 16.5. The van der Waals surface area contributed by atoms with Gasteiger partial charge < -0.3 is 14.8 Å². The first-order valence-electron chi connectivity index (χ1n) is 10.1. The molecule has 26 heavy (non-hydrogen) atoms. The van der Waals surface area contributed by atoms with E-state index >= 15 is 0 Å². The van der Waals surface area contributed by atoms with Gasteiger partial charge in [-0.1, -0.05) is 13.0 Å². The number of ether oxygens (including phenoxy) is 2. The summed E-state index contributed by atoms with van der Waals surface area (Å²) in [6.45, 7) is 7.32. The third kappa shape index (κ3) is 5.45. The number of hydrogen-bond donors (Lipinski definition) is 1. The van der Waals surface area contributed by atoms with Gasteiger partial charge in [-0.15, -0.1) is 0 Å². The van der Waals surface area contributed by atoms with Crippen molar-refractivity contribution in [1.29, 1.82) is 0 Å². The number of rotatable bonds is 8. The van der Waals surface area contributed by atoms with E-state index in [0.717, 1.165) is 57.9 Å². The molecule has 144 valence electrons. The molecule has 3 rings (SSSR count). The first-order valence-corrected chi connectivity index (χ1v) is 10.1. The van der Waals surface area contributed by atoms with Gasteiger partial charge in [-0.25, -0.2) is 0 Å². The smallest absolute Gasteiger partial charge is 0.261 e. The molecule has 1 N–H and O–H groups in total. The molecule has 1 unspecified atom stereocenters. The van der Waals surface area contributed by atoms with Gasteiger partial charge in [0.25, 0.3) is 5.91 Å². The Morgan fingerprint density at radius 3 is 2.77 bits per heavy atom. The average Bonchev–Trinajstić information content (AvgIpc) is 2.70. The van der Waals surface area contributed by atoms with E-state index < -0.39 is 6.10 Å². The van der Waals surface area contributed by atoms with Crippen molar-refractivity contribution in [2.75, 3.05) is 39.4 Å². The van der Waals surface area contributed by atoms with Crippen LogP contribution in [0.3, 0.4) is 0 Å². The fourth-order valence-electron chi connectivity index (χ4n) is 3.72. The lowest BCUT2D eigenvalue weighted by Gasteiger charge is -2.26. The molecule has 5 nitrogen and oxygen atoms in total. The average molecular weight is 360 g/mol. The van der Waals surface area contributed by atoms with Crippen LogP contribution < -0.4 is 10.1 Å². The molecule has 1 aliphatic carbocycles. The second-order valence-corrected chi connectivity index (χ2v) is 7.25. The van der Waals surface area contributed by atoms with Crippen LogP contribution in [-0.2, 0) is 22.4 Å². The molecule has 2 aliphatic rings. The van der Waals surface area contributed by atoms with E-state index in [1.807, 2.05) is 13.0 Å². The Bertz CT molecular complexity index is 585. The molecule has 0 saturated carbocycles. The van der Waals surface area contributed by atoms with Gasteiger partial charge in [-0.3, -0.25) is 9.69 Å². The van der Waals surface area contributed by atoms with Gasteiger partial charge in [0, 0.05) is 19.6 Å². The van der Waals surface area contributed by atoms with Crippen LogP contribution >= 0.6 is 0 Å². The Labute approximate surface area is 157 Å². The standard InChI is InChI=1S/C21H32N2O3/c1-2-20(21(24)22-10-5-11-23-12-14-25-15-13-23)26-19-9-8-17-6-3-4-7-18(17)16-19/h8-9,16,20H,2-7,10-15H2,1H3,(H,22,24). The van der Waals surface area contributed by atoms with Crippen molar-refractivity contribution in [1.82, 2.24) is 10.2 Å². The number of carbonyl (C=O) groups excluding carboxylic acids is 1. The molecular weight excluding hydrogens is 328 g/mol. The molecule has 1 aliphatic heterocycles. The van der Waals surface area contributed by atoms with Crippen LogP contribution in [0.2, 0.25) is 0 Å². The summed E-state index contributed by atoms with van der Waals surface area (Å²) >= 11 is 0. The summed E-state index contributed by atoms with van der Waals surface area (Å²) in [6, 6.07) is 6.30. The maximum Gasteiger partial charge on any atom is 0.261 e. The minimum atomic E-state index is -0.417. The number of carbonyl (C=O) groups is 1. The van der Waals surface area contributed by atoms with E-state index in [4.69, 9.17) is 9.47 Å². The largest absolute Gasteiger partial charge is 0.481 e. The number of nitrogens with zero attached hydrogens (tertiary/aromatic N) is 1. The monoisotopic (exact) mass is 360 g/mol. The maximum atomic E-state index is 12.4. The molecular formula is C21H32N2O3. The Kier molecular flexibility index (Phi) is 7.32. The summed E-state index contributed by atoms with van der Waals surface area (Å²) in [5.74, 6) is 0.813. The van der Waals surface area contributed by atoms with Crippen LogP contribution in [-0.4, -0.2) is 56.3 Å². The maximum absolute atomic E-state index is 12.4. The summed E-state index contributed by atoms with van der Waals surface area (Å²) in [4.78, 5) is 14.8. The zero-order valence-corrected chi connectivity index (χ0v) is 16.0. The lowest BCUT2D eigenvalue weighted by atomic mass is 9.92. The Hall–Kier alpha value is -1.59. The minimum absolute atomic E-state index is 0.00722. The van der Waals surface area contributed by atoms with Gasteiger partial charge in [0.05, 0.1) is 13.2 Å². The summed E-state index contributed by atoms with van der Waals surface area (Å²) < 4.78 is 11.4. The number of nitrogens with one attached hydrogen (secondary N) is 1. The lowest BCUT2D eigenvalue weighted by Crippen LogP contribution is -2.41. The predicted molar refractivity (Wildman–Crippen MR) is 103 cm³/mol. The van der Waals surface area contributed by atoms with Crippen LogP contribution in [0.5, 0.6) is 5.75 Å². The van der Waals surface area contributed by atoms with Crippen LogP contribution in [0.25, 0.3) is 0 Å². The lowest BCUT2D eigenvalue weighted by molar-refractivity contribution is -0.128. The number of hydrogen-bond acceptors (Lipinski definition) is 4. The fourth-order valence-corrected chi connectivity index (χ4v) is 3.72. The second kappa shape index (κ2) is 9.93. The van der Waals surface area contributed by atoms with E-state index in [-0.39, 0.29) is 5.91 Å². The number of morpholine rings is 1. The minimum Gasteiger partial charge on any atom is -0.481 e. The normalized spacial score (nSPS) is 18.8. The first-order chi connectivity index (χ1) is 12.8. The molecule has 0 aromatic heterocycles. The van der Waals surface area contributed by atoms with Gasteiger partial charge in [0.2, 0.25) is 0 Å². The predicted octanol–water partition coefficient (Wildman–Crippen LogP) is 2.56. The molecule has 0 radical (unpaired) electrons. The van der Waals surface area contributed by atoms with Crippen molar-refractivity contribution in [2.45, 2.75) is 51.6 Å². The summed E-state index contributed by atoms with van der Waals surface area (Å²) in [5.41, 5.74) is 2.82. The molecule has 1 saturated heterocycles. The van der Waals surface area contributed by atoms with Crippen molar-refractivity contribution in [2.24, 2.45) is 0 Å². The quantitative estimate of drug-likeness (QED) is 0.724. The van der Waals surface area contributed by atoms with E-state index in [2.05, 4.69) is 22.3 Å². The molecule has 1 atom stereocenters. The van der Waals surface area contributed by atoms with Gasteiger partial charge in [-0.2, -0.15) is 0 Å². The highest BCUT2D eigenvalue weighted by molar-refractivity contribution is 5.81. The summed E-state index contributed by atoms with van der Waals surface area (Å²) in [6.07, 6.45) is 6.02. The second-order valence-electron chi connectivity index (χ2n) is 7.25. The SMILES string of the molecule is CCC(Oc1ccc2c(c1)CCCC2)C(=O)NCCCN1CCOCC1. The van der Waals surface area contributed by atoms with Crippen LogP contribution in [0.4, 0.5) is 0 Å². The molecule has 0 bridgehead atoms. The topological polar surface area (TPSA) is 50.8 Å². The number of aryl methyl sites for hydroxylation is 2. The molecule has 1 amide bonds. The van der Waals surface area contributed by atoms with Crippen molar-refractivity contribution >= 4 is 5.91 Å². The van der Waals surface area contributed by atoms with Gasteiger partial charge >= 0.3 is 0 Å². The van der Waals surface area contributed by atoms with Crippen molar-refractivity contribution < 1.29 is 14.3 Å². The van der Waals surface area contributed by atoms with Gasteiger partial charge in [0.1, 0.15) is 5.75 Å². The Balaban J connectivity index is 1.43. The molecule has 1 fully saturated rings. The first kappa shape index (κ1) is 19.2. The number of benzene rings is 1. The molecule has 1 aromatic rings. The Morgan fingerprint density at radius 1 is 1.23 bits per heavy atom. The van der Waals surface area contributed by atoms with E-state index in [1.165, 1.54) is 24.0 Å². The third-order valence-corrected chi connectivity index (χ3v) is 5.32. The van der Waals surface area contributed by atoms with Crippen molar-refractivity contribution in [3.8, 4) is 5.75 Å². The highest BCUT2D eigenvalue weighted by Crippen LogP contribution is 2.26. The van der Waals surface area contributed by atoms with Crippen LogP contribution in [0, 0.1) is 0 Å². The summed E-state index contributed by atoms with van der Waals surface area (Å²) in [7, 11) is 0. The van der Waals surface area contributed by atoms with Crippen LogP contribution in [0.1, 0.15) is 43.7 Å². The zero-order valence-electron chi connectivity index (χ0n) is 16.0. The van der Waals surface area contributed by atoms with Crippen molar-refractivity contribution in [3.05, 3.63) is 29.3 Å². The molecule has 1 aromatic carbocycles. The molecule has 5 heteroatoms. The number of fused-ring (bicyclic) bond motifs is 1. The fraction of sp³-hybridized carbons (Fsp3) is 0.667. The van der Waals surface area contributed by atoms with E-state index in [0.29, 0.717) is 13.0 Å². The third-order valence-electron chi connectivity index (χ3n) is 5.32. The van der Waals surface area contributed by atoms with Crippen molar-refractivity contribution in [3.63, 3.8) is 0 Å². The summed E-state index contributed by atoms with van der Waals surface area (Å²) in [5, 5.41) is 3.03. The van der Waals surface area contributed by atoms with E-state index in [9.17, 15) is 4.79 Å². The van der Waals surface area contributed by atoms with Gasteiger partial charge in [0.15, 0.2) is 6.10 Å². The number of amides is 1. The van der Waals surface area contributed by atoms with E-state index in [1.54, 1.807) is 0 Å². The molecule has 1 heterocycles. The Morgan fingerprint density at radius 2 is 2.00 bits per heavy atom.